The molecule has 0 radical (unpaired) electrons. The third-order valence-corrected chi connectivity index (χ3v) is 5.25. The van der Waals surface area contributed by atoms with Crippen molar-refractivity contribution < 1.29 is 27.6 Å². The highest BCUT2D eigenvalue weighted by molar-refractivity contribution is 6.08. The average Bonchev–Trinajstić information content (AvgIpc) is 3.34. The summed E-state index contributed by atoms with van der Waals surface area (Å²) in [5.74, 6) is -1.25. The van der Waals surface area contributed by atoms with Crippen LogP contribution in [-0.2, 0) is 23.6 Å². The predicted octanol–water partition coefficient (Wildman–Crippen LogP) is 1.97. The van der Waals surface area contributed by atoms with Crippen LogP contribution in [0.2, 0.25) is 0 Å². The van der Waals surface area contributed by atoms with Gasteiger partial charge in [-0.25, -0.2) is 9.78 Å². The van der Waals surface area contributed by atoms with E-state index in [1.54, 1.807) is 29.8 Å². The van der Waals surface area contributed by atoms with Crippen LogP contribution in [0.15, 0.2) is 55.1 Å². The van der Waals surface area contributed by atoms with Crippen molar-refractivity contribution in [3.8, 4) is 11.1 Å². The number of benzene rings is 1. The van der Waals surface area contributed by atoms with E-state index in [0.717, 1.165) is 12.3 Å². The molecule has 4 rings (SSSR count). The Balaban J connectivity index is 1.61. The van der Waals surface area contributed by atoms with Gasteiger partial charge in [-0.1, -0.05) is 24.3 Å². The number of carbonyl (C=O) groups excluding carboxylic acids is 3. The molecule has 1 aromatic carbocycles. The molecule has 170 valence electrons. The second-order valence-electron chi connectivity index (χ2n) is 7.36. The van der Waals surface area contributed by atoms with E-state index < -0.39 is 35.3 Å². The number of aromatic nitrogens is 3. The molecule has 0 saturated carbocycles. The first-order valence-electron chi connectivity index (χ1n) is 9.63. The topological polar surface area (TPSA) is 118 Å². The number of nitrogens with one attached hydrogen (secondary N) is 3. The van der Waals surface area contributed by atoms with Crippen LogP contribution < -0.4 is 16.0 Å². The van der Waals surface area contributed by atoms with Crippen molar-refractivity contribution in [3.05, 3.63) is 72.1 Å². The van der Waals surface area contributed by atoms with Gasteiger partial charge in [0.15, 0.2) is 5.54 Å². The van der Waals surface area contributed by atoms with E-state index in [4.69, 9.17) is 0 Å². The number of imide groups is 1. The molecule has 1 saturated heterocycles. The van der Waals surface area contributed by atoms with E-state index in [9.17, 15) is 27.6 Å². The monoisotopic (exact) mass is 458 g/mol. The van der Waals surface area contributed by atoms with E-state index in [1.165, 1.54) is 24.7 Å². The van der Waals surface area contributed by atoms with Gasteiger partial charge in [-0.3, -0.25) is 19.9 Å². The fourth-order valence-electron chi connectivity index (χ4n) is 3.62. The van der Waals surface area contributed by atoms with E-state index in [1.807, 2.05) is 0 Å². The molecule has 2 aromatic heterocycles. The summed E-state index contributed by atoms with van der Waals surface area (Å²) in [6.45, 7) is -0.289. The van der Waals surface area contributed by atoms with Crippen molar-refractivity contribution >= 4 is 17.8 Å². The minimum absolute atomic E-state index is 0.156. The highest BCUT2D eigenvalue weighted by atomic mass is 19.4. The Bertz CT molecular complexity index is 1240. The number of hydrogen-bond donors (Lipinski definition) is 3. The van der Waals surface area contributed by atoms with Crippen LogP contribution in [0.1, 0.15) is 21.7 Å². The van der Waals surface area contributed by atoms with Gasteiger partial charge in [0.2, 0.25) is 0 Å². The van der Waals surface area contributed by atoms with Crippen molar-refractivity contribution in [2.24, 2.45) is 7.05 Å². The summed E-state index contributed by atoms with van der Waals surface area (Å²) in [4.78, 5) is 44.9. The SMILES string of the molecule is Cn1cncc1C1(CNC(=O)c2ccccc2-c2ccc(C(F)(F)F)nc2)NC(=O)NC1=O. The molecule has 1 atom stereocenters. The number of nitrogens with zero attached hydrogens (tertiary/aromatic N) is 3. The number of amides is 4. The zero-order valence-corrected chi connectivity index (χ0v) is 17.1. The van der Waals surface area contributed by atoms with Gasteiger partial charge in [-0.15, -0.1) is 0 Å². The van der Waals surface area contributed by atoms with Crippen molar-refractivity contribution in [1.82, 2.24) is 30.5 Å². The van der Waals surface area contributed by atoms with Gasteiger partial charge in [0.05, 0.1) is 24.8 Å². The lowest BCUT2D eigenvalue weighted by Crippen LogP contribution is -2.53. The molecule has 4 amide bonds. The standard InChI is InChI=1S/C21H17F3N6O3/c1-30-11-25-9-16(30)20(18(32)28-19(33)29-20)10-27-17(31)14-5-3-2-4-13(14)12-6-7-15(26-8-12)21(22,23)24/h2-9,11H,10H2,1H3,(H,27,31)(H2,28,29,32,33). The normalized spacial score (nSPS) is 18.1. The largest absolute Gasteiger partial charge is 0.433 e. The third-order valence-electron chi connectivity index (χ3n) is 5.25. The molecule has 9 nitrogen and oxygen atoms in total. The maximum atomic E-state index is 13.0. The minimum Gasteiger partial charge on any atom is -0.349 e. The molecule has 0 spiro atoms. The van der Waals surface area contributed by atoms with Gasteiger partial charge in [0.1, 0.15) is 5.69 Å². The molecule has 3 aromatic rings. The average molecular weight is 458 g/mol. The number of pyridine rings is 1. The Morgan fingerprint density at radius 1 is 1.15 bits per heavy atom. The molecular formula is C21H17F3N6O3. The first kappa shape index (κ1) is 22.0. The Morgan fingerprint density at radius 3 is 2.48 bits per heavy atom. The smallest absolute Gasteiger partial charge is 0.349 e. The highest BCUT2D eigenvalue weighted by Crippen LogP contribution is 2.30. The second-order valence-corrected chi connectivity index (χ2v) is 7.36. The maximum absolute atomic E-state index is 13.0. The van der Waals surface area contributed by atoms with E-state index in [2.05, 4.69) is 25.9 Å². The summed E-state index contributed by atoms with van der Waals surface area (Å²) in [6, 6.07) is 7.63. The Hall–Kier alpha value is -4.22. The number of rotatable bonds is 5. The number of hydrogen-bond acceptors (Lipinski definition) is 5. The van der Waals surface area contributed by atoms with Crippen LogP contribution in [0, 0.1) is 0 Å². The molecule has 3 N–H and O–H groups in total. The lowest BCUT2D eigenvalue weighted by Gasteiger charge is -2.26. The van der Waals surface area contributed by atoms with Crippen molar-refractivity contribution in [2.75, 3.05) is 6.54 Å². The predicted molar refractivity (Wildman–Crippen MR) is 109 cm³/mol. The summed E-state index contributed by atoms with van der Waals surface area (Å²) in [7, 11) is 1.64. The number of imidazole rings is 1. The Morgan fingerprint density at radius 2 is 1.91 bits per heavy atom. The molecule has 1 unspecified atom stereocenters. The molecule has 0 aliphatic carbocycles. The van der Waals surface area contributed by atoms with Gasteiger partial charge in [0.25, 0.3) is 11.8 Å². The van der Waals surface area contributed by atoms with E-state index in [0.29, 0.717) is 16.8 Å². The van der Waals surface area contributed by atoms with Crippen molar-refractivity contribution in [1.29, 1.82) is 0 Å². The lowest BCUT2D eigenvalue weighted by atomic mass is 9.94. The molecule has 1 fully saturated rings. The summed E-state index contributed by atoms with van der Waals surface area (Å²) < 4.78 is 40.0. The molecule has 33 heavy (non-hydrogen) atoms. The number of halogens is 3. The van der Waals surface area contributed by atoms with Crippen LogP contribution in [-0.4, -0.2) is 38.9 Å². The van der Waals surface area contributed by atoms with Gasteiger partial charge < -0.3 is 15.2 Å². The number of carbonyl (C=O) groups is 3. The number of urea groups is 1. The number of alkyl halides is 3. The Kier molecular flexibility index (Phi) is 5.36. The van der Waals surface area contributed by atoms with Crippen LogP contribution >= 0.6 is 0 Å². The molecule has 3 heterocycles. The van der Waals surface area contributed by atoms with Gasteiger partial charge in [0, 0.05) is 24.4 Å². The molecule has 0 bridgehead atoms. The highest BCUT2D eigenvalue weighted by Gasteiger charge is 2.50. The molecule has 1 aliphatic heterocycles. The van der Waals surface area contributed by atoms with Gasteiger partial charge in [-0.05, 0) is 17.7 Å². The first-order valence-corrected chi connectivity index (χ1v) is 9.63. The summed E-state index contributed by atoms with van der Waals surface area (Å²) in [5, 5.41) is 7.34. The van der Waals surface area contributed by atoms with Crippen LogP contribution in [0.5, 0.6) is 0 Å². The molecule has 12 heteroatoms. The first-order chi connectivity index (χ1) is 15.6. The zero-order chi connectivity index (χ0) is 23.8. The van der Waals surface area contributed by atoms with E-state index in [-0.39, 0.29) is 12.1 Å². The molecule has 1 aliphatic rings. The molecular weight excluding hydrogens is 441 g/mol. The maximum Gasteiger partial charge on any atom is 0.433 e. The minimum atomic E-state index is -4.58. The van der Waals surface area contributed by atoms with E-state index >= 15 is 0 Å². The van der Waals surface area contributed by atoms with Crippen molar-refractivity contribution in [2.45, 2.75) is 11.7 Å². The van der Waals surface area contributed by atoms with Crippen LogP contribution in [0.25, 0.3) is 11.1 Å². The lowest BCUT2D eigenvalue weighted by molar-refractivity contribution is -0.141. The summed E-state index contributed by atoms with van der Waals surface area (Å²) >= 11 is 0. The third kappa shape index (κ3) is 4.02. The number of aryl methyl sites for hydroxylation is 1. The van der Waals surface area contributed by atoms with Crippen LogP contribution in [0.4, 0.5) is 18.0 Å². The quantitative estimate of drug-likeness (QED) is 0.506. The zero-order valence-electron chi connectivity index (χ0n) is 17.1. The fraction of sp³-hybridized carbons (Fsp3) is 0.190. The fourth-order valence-corrected chi connectivity index (χ4v) is 3.62. The summed E-state index contributed by atoms with van der Waals surface area (Å²) in [5.41, 5.74) is -1.46. The second kappa shape index (κ2) is 8.04. The van der Waals surface area contributed by atoms with Gasteiger partial charge in [-0.2, -0.15) is 13.2 Å². The van der Waals surface area contributed by atoms with Crippen molar-refractivity contribution in [3.63, 3.8) is 0 Å². The van der Waals surface area contributed by atoms with Crippen LogP contribution in [0.3, 0.4) is 0 Å². The summed E-state index contributed by atoms with van der Waals surface area (Å²) in [6.07, 6.45) is -0.693. The Labute approximate surface area is 185 Å². The van der Waals surface area contributed by atoms with Gasteiger partial charge >= 0.3 is 12.2 Å².